The van der Waals surface area contributed by atoms with Crippen molar-refractivity contribution in [2.45, 2.75) is 26.7 Å². The molecule has 5 heteroatoms. The number of benzene rings is 1. The second-order valence-corrected chi connectivity index (χ2v) is 5.04. The van der Waals surface area contributed by atoms with Gasteiger partial charge in [0, 0.05) is 17.8 Å². The molecule has 1 atom stereocenters. The lowest BCUT2D eigenvalue weighted by Crippen LogP contribution is -2.22. The summed E-state index contributed by atoms with van der Waals surface area (Å²) >= 11 is 0. The number of hydrogen-bond donors (Lipinski definition) is 1. The van der Waals surface area contributed by atoms with Gasteiger partial charge in [-0.25, -0.2) is 14.4 Å². The maximum atomic E-state index is 13.5. The average Bonchev–Trinajstić information content (AvgIpc) is 2.46. The van der Waals surface area contributed by atoms with Crippen molar-refractivity contribution < 1.29 is 9.18 Å². The van der Waals surface area contributed by atoms with Crippen LogP contribution in [-0.4, -0.2) is 15.9 Å². The van der Waals surface area contributed by atoms with E-state index in [0.717, 1.165) is 5.69 Å². The van der Waals surface area contributed by atoms with Crippen LogP contribution in [-0.2, 0) is 11.2 Å². The van der Waals surface area contributed by atoms with Crippen molar-refractivity contribution in [3.63, 3.8) is 0 Å². The van der Waals surface area contributed by atoms with Crippen LogP contribution in [0.25, 0.3) is 0 Å². The van der Waals surface area contributed by atoms with E-state index in [4.69, 9.17) is 0 Å². The molecular formula is C16H18FN3O. The molecular weight excluding hydrogens is 269 g/mol. The summed E-state index contributed by atoms with van der Waals surface area (Å²) in [4.78, 5) is 20.2. The number of aromatic nitrogens is 2. The quantitative estimate of drug-likeness (QED) is 0.919. The summed E-state index contributed by atoms with van der Waals surface area (Å²) in [6.45, 7) is 3.64. The highest BCUT2D eigenvalue weighted by Crippen LogP contribution is 2.14. The molecule has 1 aromatic heterocycles. The molecule has 1 N–H and O–H groups in total. The van der Waals surface area contributed by atoms with Crippen LogP contribution >= 0.6 is 0 Å². The Bertz CT molecular complexity index is 630. The molecule has 0 saturated carbocycles. The zero-order chi connectivity index (χ0) is 15.2. The number of amides is 1. The molecule has 1 aromatic carbocycles. The number of nitrogens with zero attached hydrogens (tertiary/aromatic N) is 2. The van der Waals surface area contributed by atoms with Crippen molar-refractivity contribution in [1.82, 2.24) is 9.97 Å². The number of nitrogens with one attached hydrogen (secondary N) is 1. The van der Waals surface area contributed by atoms with E-state index in [2.05, 4.69) is 15.3 Å². The van der Waals surface area contributed by atoms with Crippen LogP contribution in [0.5, 0.6) is 0 Å². The number of aryl methyl sites for hydroxylation is 2. The molecule has 0 aliphatic heterocycles. The van der Waals surface area contributed by atoms with Gasteiger partial charge < -0.3 is 0 Å². The summed E-state index contributed by atoms with van der Waals surface area (Å²) in [5.74, 6) is -0.324. The maximum absolute atomic E-state index is 13.5. The fraction of sp³-hybridized carbons (Fsp3) is 0.312. The zero-order valence-electron chi connectivity index (χ0n) is 12.1. The second kappa shape index (κ2) is 6.92. The number of rotatable bonds is 5. The van der Waals surface area contributed by atoms with E-state index >= 15 is 0 Å². The van der Waals surface area contributed by atoms with Crippen LogP contribution in [0.4, 0.5) is 10.3 Å². The van der Waals surface area contributed by atoms with Gasteiger partial charge in [0.2, 0.25) is 11.9 Å². The van der Waals surface area contributed by atoms with E-state index in [-0.39, 0.29) is 17.6 Å². The first-order valence-corrected chi connectivity index (χ1v) is 6.90. The van der Waals surface area contributed by atoms with E-state index < -0.39 is 0 Å². The first-order chi connectivity index (χ1) is 10.1. The summed E-state index contributed by atoms with van der Waals surface area (Å²) in [6, 6.07) is 8.38. The number of halogens is 1. The normalized spacial score (nSPS) is 12.0. The van der Waals surface area contributed by atoms with Crippen LogP contribution in [0.2, 0.25) is 0 Å². The Morgan fingerprint density at radius 2 is 2.10 bits per heavy atom. The van der Waals surface area contributed by atoms with Crippen LogP contribution in [0, 0.1) is 18.7 Å². The van der Waals surface area contributed by atoms with E-state index in [0.29, 0.717) is 24.4 Å². The number of carbonyl (C=O) groups is 1. The average molecular weight is 287 g/mol. The smallest absolute Gasteiger partial charge is 0.229 e. The lowest BCUT2D eigenvalue weighted by atomic mass is 10.00. The van der Waals surface area contributed by atoms with Gasteiger partial charge >= 0.3 is 0 Å². The standard InChI is InChI=1S/C16H18FN3O/c1-11(7-8-13-5-3-4-6-14(13)17)15(21)20-16-18-10-9-12(2)19-16/h3-6,9-11H,7-8H2,1-2H3,(H,18,19,20,21)/t11-/m0/s1. The summed E-state index contributed by atoms with van der Waals surface area (Å²) in [5.41, 5.74) is 1.42. The van der Waals surface area contributed by atoms with Gasteiger partial charge in [-0.15, -0.1) is 0 Å². The topological polar surface area (TPSA) is 54.9 Å². The predicted octanol–water partition coefficient (Wildman–Crippen LogP) is 3.13. The van der Waals surface area contributed by atoms with Crippen LogP contribution in [0.15, 0.2) is 36.5 Å². The van der Waals surface area contributed by atoms with Crippen molar-refractivity contribution >= 4 is 11.9 Å². The zero-order valence-corrected chi connectivity index (χ0v) is 12.1. The Morgan fingerprint density at radius 3 is 2.81 bits per heavy atom. The van der Waals surface area contributed by atoms with Gasteiger partial charge in [-0.05, 0) is 37.5 Å². The third kappa shape index (κ3) is 4.34. The van der Waals surface area contributed by atoms with Crippen LogP contribution in [0.3, 0.4) is 0 Å². The fourth-order valence-electron chi connectivity index (χ4n) is 1.95. The Hall–Kier alpha value is -2.30. The molecule has 0 bridgehead atoms. The molecule has 2 rings (SSSR count). The summed E-state index contributed by atoms with van der Waals surface area (Å²) in [6.07, 6.45) is 2.69. The summed E-state index contributed by atoms with van der Waals surface area (Å²) in [7, 11) is 0. The van der Waals surface area contributed by atoms with Crippen LogP contribution < -0.4 is 5.32 Å². The molecule has 0 spiro atoms. The predicted molar refractivity (Wildman–Crippen MR) is 79.3 cm³/mol. The van der Waals surface area contributed by atoms with Gasteiger partial charge in [-0.3, -0.25) is 10.1 Å². The molecule has 0 unspecified atom stereocenters. The van der Waals surface area contributed by atoms with Crippen LogP contribution in [0.1, 0.15) is 24.6 Å². The minimum absolute atomic E-state index is 0.156. The molecule has 1 amide bonds. The van der Waals surface area contributed by atoms with E-state index in [9.17, 15) is 9.18 Å². The monoisotopic (exact) mass is 287 g/mol. The molecule has 0 saturated heterocycles. The van der Waals surface area contributed by atoms with Crippen molar-refractivity contribution in [3.8, 4) is 0 Å². The van der Waals surface area contributed by atoms with Gasteiger partial charge in [-0.1, -0.05) is 25.1 Å². The number of hydrogen-bond acceptors (Lipinski definition) is 3. The number of anilines is 1. The van der Waals surface area contributed by atoms with Gasteiger partial charge in [0.1, 0.15) is 5.82 Å². The highest BCUT2D eigenvalue weighted by Gasteiger charge is 2.15. The molecule has 0 aliphatic rings. The highest BCUT2D eigenvalue weighted by atomic mass is 19.1. The molecule has 1 heterocycles. The Kier molecular flexibility index (Phi) is 4.98. The van der Waals surface area contributed by atoms with Crippen molar-refractivity contribution in [1.29, 1.82) is 0 Å². The van der Waals surface area contributed by atoms with Crippen molar-refractivity contribution in [2.75, 3.05) is 5.32 Å². The Balaban J connectivity index is 1.90. The fourth-order valence-corrected chi connectivity index (χ4v) is 1.95. The van der Waals surface area contributed by atoms with Crippen molar-refractivity contribution in [3.05, 3.63) is 53.6 Å². The van der Waals surface area contributed by atoms with E-state index in [1.807, 2.05) is 13.8 Å². The van der Waals surface area contributed by atoms with Gasteiger partial charge in [0.15, 0.2) is 0 Å². The van der Waals surface area contributed by atoms with E-state index in [1.165, 1.54) is 6.07 Å². The summed E-state index contributed by atoms with van der Waals surface area (Å²) in [5, 5.41) is 2.68. The first kappa shape index (κ1) is 15.1. The molecule has 2 aromatic rings. The minimum atomic E-state index is -0.242. The lowest BCUT2D eigenvalue weighted by Gasteiger charge is -2.11. The molecule has 0 fully saturated rings. The van der Waals surface area contributed by atoms with Crippen molar-refractivity contribution in [2.24, 2.45) is 5.92 Å². The second-order valence-electron chi connectivity index (χ2n) is 5.04. The van der Waals surface area contributed by atoms with Gasteiger partial charge in [0.05, 0.1) is 0 Å². The first-order valence-electron chi connectivity index (χ1n) is 6.90. The van der Waals surface area contributed by atoms with Gasteiger partial charge in [0.25, 0.3) is 0 Å². The maximum Gasteiger partial charge on any atom is 0.229 e. The SMILES string of the molecule is Cc1ccnc(NC(=O)[C@@H](C)CCc2ccccc2F)n1. The number of carbonyl (C=O) groups excluding carboxylic acids is 1. The molecule has 0 aliphatic carbocycles. The largest absolute Gasteiger partial charge is 0.294 e. The van der Waals surface area contributed by atoms with E-state index in [1.54, 1.807) is 30.5 Å². The minimum Gasteiger partial charge on any atom is -0.294 e. The molecule has 4 nitrogen and oxygen atoms in total. The lowest BCUT2D eigenvalue weighted by molar-refractivity contribution is -0.119. The Morgan fingerprint density at radius 1 is 1.33 bits per heavy atom. The third-order valence-electron chi connectivity index (χ3n) is 3.28. The molecule has 0 radical (unpaired) electrons. The molecule has 110 valence electrons. The highest BCUT2D eigenvalue weighted by molar-refractivity contribution is 5.90. The molecule has 21 heavy (non-hydrogen) atoms. The summed E-state index contributed by atoms with van der Waals surface area (Å²) < 4.78 is 13.5. The van der Waals surface area contributed by atoms with Gasteiger partial charge in [-0.2, -0.15) is 0 Å². The Labute approximate surface area is 123 Å². The third-order valence-corrected chi connectivity index (χ3v) is 3.28.